The monoisotopic (exact) mass is 738 g/mol. The van der Waals surface area contributed by atoms with E-state index in [1.54, 1.807) is 5.56 Å². The van der Waals surface area contributed by atoms with Gasteiger partial charge in [-0.15, -0.1) is 5.34 Å². The zero-order valence-corrected chi connectivity index (χ0v) is 27.7. The van der Waals surface area contributed by atoms with Gasteiger partial charge in [-0.05, 0) is 148 Å². The van der Waals surface area contributed by atoms with Crippen molar-refractivity contribution in [3.8, 4) is 0 Å². The Labute approximate surface area is 262 Å². The Balaban J connectivity index is -0.000000145. The summed E-state index contributed by atoms with van der Waals surface area (Å²) >= 11 is 2.35. The molecule has 0 unspecified atom stereocenters. The van der Waals surface area contributed by atoms with Crippen molar-refractivity contribution in [2.45, 2.75) is 117 Å². The smallest absolute Gasteiger partial charge is 0.229 e. The molecule has 0 spiro atoms. The average molecular weight is 740 g/mol. The molecule has 0 amide bonds. The van der Waals surface area contributed by atoms with Gasteiger partial charge in [0.05, 0.1) is 0 Å². The average Bonchev–Trinajstić information content (AvgIpc) is 2.83. The van der Waals surface area contributed by atoms with Crippen molar-refractivity contribution in [1.82, 2.24) is 0 Å². The van der Waals surface area contributed by atoms with E-state index in [0.717, 1.165) is 28.5 Å². The standard InChI is InChI=1S/C13H20.C12H17NO2.C3H7I.2CH4.Ag.HNO2/c1-7-13-11(5)9(3)8(2)10(4)12(13)6;1-7-8(2)10(4)12(6-13(14)15)11(5)9(7)3;1-2-3-4;;;;2-1-3/h7H2,1-6H3;6H2,1-5H3;2-3H2,1H3;2*1H4;;(H,2,3)/p-1. The SMILES string of the molecule is C.C.CCCI.CCc1c(C)c(C)c(C)c(C)c1C.Cc1c(C)c(C)c(C[N+](=O)[O-])c(C)c1C.O=N[O-].[Ag]. The molecule has 0 aromatic heterocycles. The molecule has 0 saturated carbocycles. The van der Waals surface area contributed by atoms with Crippen LogP contribution in [0.4, 0.5) is 0 Å². The Bertz CT molecular complexity index is 949. The molecule has 0 aliphatic heterocycles. The second kappa shape index (κ2) is 23.6. The first kappa shape index (κ1) is 46.6. The normalized spacial score (nSPS) is 8.87. The van der Waals surface area contributed by atoms with Crippen LogP contribution in [0.5, 0.6) is 0 Å². The van der Waals surface area contributed by atoms with E-state index in [0.29, 0.717) is 0 Å². The Hall–Kier alpha value is -1.29. The van der Waals surface area contributed by atoms with Crippen LogP contribution in [0.15, 0.2) is 5.34 Å². The number of alkyl halides is 1. The van der Waals surface area contributed by atoms with Crippen molar-refractivity contribution < 1.29 is 27.3 Å². The van der Waals surface area contributed by atoms with E-state index < -0.39 is 0 Å². The van der Waals surface area contributed by atoms with Crippen LogP contribution in [-0.2, 0) is 35.3 Å². The van der Waals surface area contributed by atoms with Gasteiger partial charge in [-0.3, -0.25) is 10.1 Å². The topological polar surface area (TPSA) is 95.6 Å². The predicted molar refractivity (Wildman–Crippen MR) is 172 cm³/mol. The van der Waals surface area contributed by atoms with Crippen LogP contribution in [-0.4, -0.2) is 9.35 Å². The summed E-state index contributed by atoms with van der Waals surface area (Å²) in [5.74, 6) is 0. The molecule has 0 bridgehead atoms. The molecular weight excluding hydrogens is 687 g/mol. The molecule has 0 heterocycles. The number of hydrogen-bond acceptors (Lipinski definition) is 5. The van der Waals surface area contributed by atoms with Crippen molar-refractivity contribution in [2.75, 3.05) is 4.43 Å². The molecule has 6 nitrogen and oxygen atoms in total. The van der Waals surface area contributed by atoms with Crippen LogP contribution < -0.4 is 0 Å². The first-order chi connectivity index (χ1) is 16.2. The minimum Gasteiger partial charge on any atom is -0.444 e. The van der Waals surface area contributed by atoms with Crippen LogP contribution >= 0.6 is 22.6 Å². The van der Waals surface area contributed by atoms with E-state index in [1.807, 2.05) is 27.7 Å². The first-order valence-electron chi connectivity index (χ1n) is 11.9. The second-order valence-electron chi connectivity index (χ2n) is 8.82. The maximum absolute atomic E-state index is 10.6. The molecule has 0 saturated heterocycles. The van der Waals surface area contributed by atoms with Gasteiger partial charge in [0.1, 0.15) is 0 Å². The number of hydrogen-bond donors (Lipinski definition) is 0. The summed E-state index contributed by atoms with van der Waals surface area (Å²) in [5, 5.41) is 19.6. The number of rotatable bonds is 4. The van der Waals surface area contributed by atoms with Crippen LogP contribution in [0.25, 0.3) is 0 Å². The minimum absolute atomic E-state index is 0. The van der Waals surface area contributed by atoms with E-state index in [4.69, 9.17) is 10.1 Å². The quantitative estimate of drug-likeness (QED) is 0.0779. The van der Waals surface area contributed by atoms with E-state index in [-0.39, 0.29) is 48.7 Å². The number of nitro groups is 1. The Morgan fingerprint density at radius 1 is 0.658 bits per heavy atom. The maximum atomic E-state index is 10.6. The molecule has 225 valence electrons. The third-order valence-corrected chi connectivity index (χ3v) is 8.22. The summed E-state index contributed by atoms with van der Waals surface area (Å²) < 4.78 is 1.29. The summed E-state index contributed by atoms with van der Waals surface area (Å²) in [4.78, 5) is 18.3. The molecule has 2 rings (SSSR count). The fraction of sp³-hybridized carbons (Fsp3) is 0.600. The molecule has 0 aliphatic carbocycles. The molecule has 38 heavy (non-hydrogen) atoms. The van der Waals surface area contributed by atoms with Gasteiger partial charge in [0.2, 0.25) is 6.54 Å². The minimum atomic E-state index is -0.260. The third-order valence-electron chi connectivity index (χ3n) is 7.14. The summed E-state index contributed by atoms with van der Waals surface area (Å²) in [6.07, 6.45) is 2.46. The van der Waals surface area contributed by atoms with Gasteiger partial charge in [0.25, 0.3) is 0 Å². The second-order valence-corrected chi connectivity index (χ2v) is 9.89. The molecule has 0 atom stereocenters. The van der Waals surface area contributed by atoms with Crippen molar-refractivity contribution in [2.24, 2.45) is 5.34 Å². The van der Waals surface area contributed by atoms with Crippen molar-refractivity contribution in [1.29, 1.82) is 0 Å². The summed E-state index contributed by atoms with van der Waals surface area (Å²) in [7, 11) is 0. The summed E-state index contributed by atoms with van der Waals surface area (Å²) in [6, 6.07) is 0. The van der Waals surface area contributed by atoms with Gasteiger partial charge in [0, 0.05) is 32.9 Å². The molecule has 0 N–H and O–H groups in total. The van der Waals surface area contributed by atoms with E-state index >= 15 is 0 Å². The molecular formula is C30H52AgIN2O4-. The summed E-state index contributed by atoms with van der Waals surface area (Å²) in [6.45, 7) is 25.6. The zero-order chi connectivity index (χ0) is 28.0. The fourth-order valence-corrected chi connectivity index (χ4v) is 4.05. The third kappa shape index (κ3) is 13.7. The number of benzene rings is 2. The van der Waals surface area contributed by atoms with Crippen molar-refractivity contribution in [3.63, 3.8) is 0 Å². The van der Waals surface area contributed by atoms with Gasteiger partial charge >= 0.3 is 0 Å². The van der Waals surface area contributed by atoms with Crippen LogP contribution in [0.1, 0.15) is 102 Å². The van der Waals surface area contributed by atoms with Crippen LogP contribution in [0.3, 0.4) is 0 Å². The maximum Gasteiger partial charge on any atom is 0.229 e. The summed E-state index contributed by atoms with van der Waals surface area (Å²) in [5.41, 5.74) is 15.5. The molecule has 2 aromatic carbocycles. The molecule has 0 aliphatic rings. The van der Waals surface area contributed by atoms with Crippen LogP contribution in [0, 0.1) is 89.5 Å². The van der Waals surface area contributed by atoms with Gasteiger partial charge in [-0.1, -0.05) is 51.3 Å². The van der Waals surface area contributed by atoms with Gasteiger partial charge in [0.15, 0.2) is 0 Å². The zero-order valence-electron chi connectivity index (χ0n) is 24.0. The van der Waals surface area contributed by atoms with Crippen molar-refractivity contribution >= 4 is 22.6 Å². The Kier molecular flexibility index (Phi) is 28.9. The molecule has 0 fully saturated rings. The van der Waals surface area contributed by atoms with Gasteiger partial charge < -0.3 is 10.1 Å². The Morgan fingerprint density at radius 2 is 0.868 bits per heavy atom. The van der Waals surface area contributed by atoms with Gasteiger partial charge in [-0.2, -0.15) is 0 Å². The van der Waals surface area contributed by atoms with E-state index in [9.17, 15) is 10.1 Å². The predicted octanol–water partition coefficient (Wildman–Crippen LogP) is 10.1. The largest absolute Gasteiger partial charge is 0.444 e. The fourth-order valence-electron chi connectivity index (χ4n) is 4.05. The van der Waals surface area contributed by atoms with Crippen LogP contribution in [0.2, 0.25) is 0 Å². The van der Waals surface area contributed by atoms with Gasteiger partial charge in [-0.25, -0.2) is 0 Å². The van der Waals surface area contributed by atoms with E-state index in [2.05, 4.69) is 78.0 Å². The van der Waals surface area contributed by atoms with Crippen molar-refractivity contribution in [3.05, 3.63) is 87.0 Å². The number of halogens is 1. The molecule has 1 radical (unpaired) electrons. The van der Waals surface area contributed by atoms with E-state index in [1.165, 1.54) is 55.4 Å². The Morgan fingerprint density at radius 3 is 1.05 bits per heavy atom. The molecule has 2 aromatic rings. The molecule has 8 heteroatoms. The number of nitrogens with zero attached hydrogens (tertiary/aromatic N) is 2. The first-order valence-corrected chi connectivity index (χ1v) is 13.5.